The van der Waals surface area contributed by atoms with E-state index in [9.17, 15) is 14.7 Å². The molecule has 1 aromatic carbocycles. The largest absolute Gasteiger partial charge is 0.480 e. The van der Waals surface area contributed by atoms with Crippen LogP contribution in [0.5, 0.6) is 0 Å². The van der Waals surface area contributed by atoms with Crippen LogP contribution in [0.4, 0.5) is 5.82 Å². The third kappa shape index (κ3) is 5.55. The van der Waals surface area contributed by atoms with Gasteiger partial charge in [0.25, 0.3) is 5.91 Å². The first-order valence-corrected chi connectivity index (χ1v) is 10.0. The second kappa shape index (κ2) is 9.82. The molecule has 1 amide bonds. The summed E-state index contributed by atoms with van der Waals surface area (Å²) < 4.78 is 0. The molecule has 31 heavy (non-hydrogen) atoms. The number of H-pyrrole nitrogens is 1. The van der Waals surface area contributed by atoms with Crippen molar-refractivity contribution in [3.63, 3.8) is 0 Å². The minimum absolute atomic E-state index is 0.261. The molecular weight excluding hydrogens is 443 g/mol. The van der Waals surface area contributed by atoms with Crippen LogP contribution in [0, 0.1) is 0 Å². The Kier molecular flexibility index (Phi) is 7.17. The fourth-order valence-corrected chi connectivity index (χ4v) is 3.31. The van der Waals surface area contributed by atoms with E-state index in [-0.39, 0.29) is 12.3 Å². The first-order chi connectivity index (χ1) is 14.8. The summed E-state index contributed by atoms with van der Waals surface area (Å²) >= 11 is 12.2. The number of aliphatic hydroxyl groups excluding tert-OH is 1. The zero-order chi connectivity index (χ0) is 22.5. The highest BCUT2D eigenvalue weighted by atomic mass is 35.5. The molecule has 162 valence electrons. The van der Waals surface area contributed by atoms with Crippen molar-refractivity contribution in [2.75, 3.05) is 11.9 Å². The summed E-state index contributed by atoms with van der Waals surface area (Å²) in [5.41, 5.74) is 2.12. The summed E-state index contributed by atoms with van der Waals surface area (Å²) in [5.74, 6) is -1.10. The van der Waals surface area contributed by atoms with E-state index >= 15 is 0 Å². The van der Waals surface area contributed by atoms with E-state index < -0.39 is 24.0 Å². The SMILES string of the molecule is C[C@H](Nc1cc(-c2c[nH]c(C(=O)NC(CO)c3cccc(Cl)c3)c2)c(Cl)cn1)C(=O)O. The number of halogens is 2. The van der Waals surface area contributed by atoms with Crippen LogP contribution in [-0.2, 0) is 4.79 Å². The molecule has 0 bridgehead atoms. The number of nitrogens with zero attached hydrogens (tertiary/aromatic N) is 1. The van der Waals surface area contributed by atoms with E-state index in [1.807, 2.05) is 0 Å². The summed E-state index contributed by atoms with van der Waals surface area (Å²) in [6, 6.07) is 8.62. The molecule has 2 heterocycles. The number of hydrogen-bond acceptors (Lipinski definition) is 5. The van der Waals surface area contributed by atoms with Crippen molar-refractivity contribution in [3.05, 3.63) is 70.1 Å². The number of nitrogens with one attached hydrogen (secondary N) is 3. The molecule has 10 heteroatoms. The molecule has 0 fully saturated rings. The van der Waals surface area contributed by atoms with Crippen molar-refractivity contribution in [1.29, 1.82) is 0 Å². The predicted molar refractivity (Wildman–Crippen MR) is 118 cm³/mol. The summed E-state index contributed by atoms with van der Waals surface area (Å²) in [6.07, 6.45) is 3.01. The first-order valence-electron chi connectivity index (χ1n) is 9.29. The van der Waals surface area contributed by atoms with Gasteiger partial charge < -0.3 is 25.8 Å². The quantitative estimate of drug-likeness (QED) is 0.347. The van der Waals surface area contributed by atoms with E-state index in [0.717, 1.165) is 0 Å². The van der Waals surface area contributed by atoms with E-state index in [2.05, 4.69) is 20.6 Å². The molecule has 0 aliphatic rings. The van der Waals surface area contributed by atoms with Gasteiger partial charge in [-0.05, 0) is 36.8 Å². The number of pyridine rings is 1. The Morgan fingerprint density at radius 1 is 1.23 bits per heavy atom. The van der Waals surface area contributed by atoms with E-state index in [0.29, 0.717) is 32.6 Å². The molecule has 0 spiro atoms. The maximum absolute atomic E-state index is 12.7. The Hall–Kier alpha value is -3.07. The van der Waals surface area contributed by atoms with Gasteiger partial charge in [0, 0.05) is 28.5 Å². The van der Waals surface area contributed by atoms with Crippen LogP contribution >= 0.6 is 23.2 Å². The molecule has 0 radical (unpaired) electrons. The Balaban J connectivity index is 1.79. The molecule has 0 saturated carbocycles. The number of carboxylic acid groups (broad SMARTS) is 1. The number of benzene rings is 1. The number of aromatic nitrogens is 2. The standard InChI is InChI=1S/C21H20Cl2N4O4/c1-11(21(30)31)26-19-7-15(16(23)9-25-19)13-6-17(24-8-13)20(29)27-18(10-28)12-3-2-4-14(22)5-12/h2-9,11,18,24,28H,10H2,1H3,(H,25,26)(H,27,29)(H,30,31)/t11-,18?/m0/s1. The van der Waals surface area contributed by atoms with Gasteiger partial charge in [0.05, 0.1) is 17.7 Å². The Labute approximate surface area is 188 Å². The molecule has 2 atom stereocenters. The van der Waals surface area contributed by atoms with Crippen molar-refractivity contribution in [1.82, 2.24) is 15.3 Å². The molecule has 0 aliphatic heterocycles. The number of carbonyl (C=O) groups excluding carboxylic acids is 1. The predicted octanol–water partition coefficient (Wildman–Crippen LogP) is 3.73. The third-order valence-corrected chi connectivity index (χ3v) is 5.10. The van der Waals surface area contributed by atoms with E-state index in [1.54, 1.807) is 42.6 Å². The Morgan fingerprint density at radius 3 is 2.68 bits per heavy atom. The smallest absolute Gasteiger partial charge is 0.325 e. The molecule has 0 aliphatic carbocycles. The van der Waals surface area contributed by atoms with Crippen LogP contribution in [0.15, 0.2) is 48.8 Å². The van der Waals surface area contributed by atoms with E-state index in [1.165, 1.54) is 13.1 Å². The van der Waals surface area contributed by atoms with Gasteiger partial charge in [0.2, 0.25) is 0 Å². The highest BCUT2D eigenvalue weighted by Crippen LogP contribution is 2.30. The second-order valence-corrected chi connectivity index (χ2v) is 7.66. The molecule has 1 unspecified atom stereocenters. The van der Waals surface area contributed by atoms with Gasteiger partial charge in [0.1, 0.15) is 17.6 Å². The van der Waals surface area contributed by atoms with Crippen LogP contribution < -0.4 is 10.6 Å². The molecular formula is C21H20Cl2N4O4. The fourth-order valence-electron chi connectivity index (χ4n) is 2.90. The molecule has 0 saturated heterocycles. The Morgan fingerprint density at radius 2 is 2.00 bits per heavy atom. The number of aromatic amines is 1. The van der Waals surface area contributed by atoms with Crippen LogP contribution in [0.2, 0.25) is 10.0 Å². The molecule has 3 aromatic rings. The van der Waals surface area contributed by atoms with Gasteiger partial charge in [-0.15, -0.1) is 0 Å². The highest BCUT2D eigenvalue weighted by molar-refractivity contribution is 6.33. The van der Waals surface area contributed by atoms with Crippen LogP contribution in [0.1, 0.15) is 29.0 Å². The van der Waals surface area contributed by atoms with Crippen molar-refractivity contribution in [2.24, 2.45) is 0 Å². The topological polar surface area (TPSA) is 127 Å². The number of carboxylic acids is 1. The third-order valence-electron chi connectivity index (χ3n) is 4.57. The fraction of sp³-hybridized carbons (Fsp3) is 0.190. The van der Waals surface area contributed by atoms with E-state index in [4.69, 9.17) is 28.3 Å². The van der Waals surface area contributed by atoms with Gasteiger partial charge in [0.15, 0.2) is 0 Å². The van der Waals surface area contributed by atoms with Crippen molar-refractivity contribution in [3.8, 4) is 11.1 Å². The zero-order valence-electron chi connectivity index (χ0n) is 16.4. The lowest BCUT2D eigenvalue weighted by Gasteiger charge is -2.16. The van der Waals surface area contributed by atoms with Crippen LogP contribution in [0.25, 0.3) is 11.1 Å². The molecule has 2 aromatic heterocycles. The van der Waals surface area contributed by atoms with Gasteiger partial charge in [-0.2, -0.15) is 0 Å². The van der Waals surface area contributed by atoms with Crippen molar-refractivity contribution < 1.29 is 19.8 Å². The monoisotopic (exact) mass is 462 g/mol. The summed E-state index contributed by atoms with van der Waals surface area (Å²) in [5, 5.41) is 25.1. The number of amides is 1. The van der Waals surface area contributed by atoms with Gasteiger partial charge in [-0.25, -0.2) is 4.98 Å². The van der Waals surface area contributed by atoms with Gasteiger partial charge in [-0.1, -0.05) is 35.3 Å². The minimum atomic E-state index is -1.02. The van der Waals surface area contributed by atoms with Gasteiger partial charge >= 0.3 is 5.97 Å². The van der Waals surface area contributed by atoms with Crippen LogP contribution in [0.3, 0.4) is 0 Å². The zero-order valence-corrected chi connectivity index (χ0v) is 17.9. The highest BCUT2D eigenvalue weighted by Gasteiger charge is 2.18. The Bertz CT molecular complexity index is 1100. The average molecular weight is 463 g/mol. The van der Waals surface area contributed by atoms with Crippen molar-refractivity contribution in [2.45, 2.75) is 19.0 Å². The van der Waals surface area contributed by atoms with Gasteiger partial charge in [-0.3, -0.25) is 9.59 Å². The van der Waals surface area contributed by atoms with Crippen molar-refractivity contribution >= 4 is 40.9 Å². The first kappa shape index (κ1) is 22.6. The number of rotatable bonds is 8. The number of aliphatic carboxylic acids is 1. The normalized spacial score (nSPS) is 12.8. The average Bonchev–Trinajstić information content (AvgIpc) is 3.23. The summed E-state index contributed by atoms with van der Waals surface area (Å²) in [6.45, 7) is 1.20. The van der Waals surface area contributed by atoms with Crippen LogP contribution in [-0.4, -0.2) is 44.7 Å². The number of aliphatic hydroxyl groups is 1. The minimum Gasteiger partial charge on any atom is -0.480 e. The lowest BCUT2D eigenvalue weighted by Crippen LogP contribution is -2.31. The number of hydrogen-bond donors (Lipinski definition) is 5. The summed E-state index contributed by atoms with van der Waals surface area (Å²) in [7, 11) is 0. The lowest BCUT2D eigenvalue weighted by atomic mass is 10.1. The maximum atomic E-state index is 12.7. The number of anilines is 1. The molecule has 5 N–H and O–H groups in total. The molecule has 3 rings (SSSR count). The number of carbonyl (C=O) groups is 2. The maximum Gasteiger partial charge on any atom is 0.325 e. The summed E-state index contributed by atoms with van der Waals surface area (Å²) in [4.78, 5) is 30.7. The second-order valence-electron chi connectivity index (χ2n) is 6.82. The molecule has 8 nitrogen and oxygen atoms in total. The lowest BCUT2D eigenvalue weighted by molar-refractivity contribution is -0.137.